The van der Waals surface area contributed by atoms with E-state index in [1.807, 2.05) is 10.7 Å². The number of aromatic nitrogens is 2. The third-order valence-corrected chi connectivity index (χ3v) is 8.86. The van der Waals surface area contributed by atoms with Gasteiger partial charge >= 0.3 is 5.97 Å². The van der Waals surface area contributed by atoms with Crippen molar-refractivity contribution in [3.63, 3.8) is 0 Å². The number of sulfonamides is 1. The van der Waals surface area contributed by atoms with Crippen molar-refractivity contribution in [2.75, 3.05) is 33.3 Å². The van der Waals surface area contributed by atoms with Crippen molar-refractivity contribution in [2.45, 2.75) is 10.9 Å². The van der Waals surface area contributed by atoms with Crippen molar-refractivity contribution in [3.05, 3.63) is 45.9 Å². The highest BCUT2D eigenvalue weighted by molar-refractivity contribution is 9.11. The molecule has 0 bridgehead atoms. The van der Waals surface area contributed by atoms with Crippen LogP contribution in [-0.4, -0.2) is 66.7 Å². The van der Waals surface area contributed by atoms with Gasteiger partial charge in [-0.25, -0.2) is 13.2 Å². The van der Waals surface area contributed by atoms with Gasteiger partial charge < -0.3 is 4.74 Å². The summed E-state index contributed by atoms with van der Waals surface area (Å²) in [6, 6.07) is 8.71. The molecule has 1 aromatic carbocycles. The van der Waals surface area contributed by atoms with E-state index in [2.05, 4.69) is 25.9 Å². The average Bonchev–Trinajstić information content (AvgIpc) is 3.34. The van der Waals surface area contributed by atoms with E-state index in [9.17, 15) is 13.2 Å². The standard InChI is InChI=1S/C18H19BrN4O4S2/c1-27-18(24)13-2-3-15-14(10-13)11-20-23(15)12-21-6-8-22(9-7-21)29(25,26)17-5-4-16(19)28-17/h2-5,10-11H,6-9,12H2,1H3. The quantitative estimate of drug-likeness (QED) is 0.502. The first-order valence-corrected chi connectivity index (χ1v) is 11.9. The Morgan fingerprint density at radius 3 is 2.62 bits per heavy atom. The summed E-state index contributed by atoms with van der Waals surface area (Å²) in [7, 11) is -2.09. The van der Waals surface area contributed by atoms with Crippen LogP contribution in [-0.2, 0) is 21.4 Å². The Kier molecular flexibility index (Phi) is 5.76. The van der Waals surface area contributed by atoms with Gasteiger partial charge in [0.05, 0.1) is 34.8 Å². The zero-order chi connectivity index (χ0) is 20.6. The van der Waals surface area contributed by atoms with Crippen LogP contribution in [0.25, 0.3) is 10.9 Å². The Labute approximate surface area is 180 Å². The molecule has 11 heteroatoms. The van der Waals surface area contributed by atoms with Gasteiger partial charge in [0.25, 0.3) is 10.0 Å². The number of ether oxygens (including phenoxy) is 1. The number of piperazine rings is 1. The Bertz CT molecular complexity index is 1150. The van der Waals surface area contributed by atoms with Crippen LogP contribution in [0.15, 0.2) is 44.5 Å². The van der Waals surface area contributed by atoms with Crippen LogP contribution in [0.4, 0.5) is 0 Å². The number of carbonyl (C=O) groups is 1. The molecule has 3 aromatic rings. The first-order valence-electron chi connectivity index (χ1n) is 8.90. The van der Waals surface area contributed by atoms with Crippen LogP contribution >= 0.6 is 27.3 Å². The molecule has 0 N–H and O–H groups in total. The van der Waals surface area contributed by atoms with Gasteiger partial charge in [0.2, 0.25) is 0 Å². The summed E-state index contributed by atoms with van der Waals surface area (Å²) in [6.45, 7) is 2.66. The van der Waals surface area contributed by atoms with Crippen molar-refractivity contribution in [3.8, 4) is 0 Å². The second kappa shape index (κ2) is 8.15. The molecule has 0 saturated carbocycles. The normalized spacial score (nSPS) is 16.3. The first kappa shape index (κ1) is 20.5. The fourth-order valence-electron chi connectivity index (χ4n) is 3.31. The van der Waals surface area contributed by atoms with Crippen LogP contribution in [0.1, 0.15) is 10.4 Å². The molecule has 1 saturated heterocycles. The summed E-state index contributed by atoms with van der Waals surface area (Å²) in [5.41, 5.74) is 1.40. The summed E-state index contributed by atoms with van der Waals surface area (Å²) < 4.78 is 34.8. The van der Waals surface area contributed by atoms with E-state index in [-0.39, 0.29) is 5.97 Å². The van der Waals surface area contributed by atoms with E-state index in [1.165, 1.54) is 22.8 Å². The lowest BCUT2D eigenvalue weighted by Crippen LogP contribution is -2.48. The molecule has 2 aromatic heterocycles. The monoisotopic (exact) mass is 498 g/mol. The number of methoxy groups -OCH3 is 1. The fraction of sp³-hybridized carbons (Fsp3) is 0.333. The largest absolute Gasteiger partial charge is 0.465 e. The highest BCUT2D eigenvalue weighted by Crippen LogP contribution is 2.29. The molecule has 0 unspecified atom stereocenters. The Morgan fingerprint density at radius 2 is 1.97 bits per heavy atom. The number of benzene rings is 1. The van der Waals surface area contributed by atoms with Crippen molar-refractivity contribution in [2.24, 2.45) is 0 Å². The van der Waals surface area contributed by atoms with Crippen LogP contribution in [0, 0.1) is 0 Å². The topological polar surface area (TPSA) is 84.7 Å². The molecule has 0 amide bonds. The molecule has 4 rings (SSSR count). The molecule has 8 nitrogen and oxygen atoms in total. The number of thiophene rings is 1. The van der Waals surface area contributed by atoms with E-state index in [4.69, 9.17) is 4.74 Å². The molecule has 154 valence electrons. The second-order valence-electron chi connectivity index (χ2n) is 6.63. The molecular formula is C18H19BrN4O4S2. The third-order valence-electron chi connectivity index (χ3n) is 4.87. The van der Waals surface area contributed by atoms with Crippen molar-refractivity contribution in [1.82, 2.24) is 19.0 Å². The van der Waals surface area contributed by atoms with Gasteiger partial charge in [0.15, 0.2) is 0 Å². The summed E-state index contributed by atoms with van der Waals surface area (Å²) in [4.78, 5) is 13.8. The van der Waals surface area contributed by atoms with Gasteiger partial charge in [-0.1, -0.05) is 0 Å². The number of hydrogen-bond donors (Lipinski definition) is 0. The smallest absolute Gasteiger partial charge is 0.337 e. The Balaban J connectivity index is 1.43. The number of nitrogens with zero attached hydrogens (tertiary/aromatic N) is 4. The minimum Gasteiger partial charge on any atom is -0.465 e. The van der Waals surface area contributed by atoms with Crippen molar-refractivity contribution in [1.29, 1.82) is 0 Å². The predicted octanol–water partition coefficient (Wildman–Crippen LogP) is 2.61. The Hall–Kier alpha value is -1.79. The molecule has 3 heterocycles. The van der Waals surface area contributed by atoms with Gasteiger partial charge in [-0.2, -0.15) is 9.40 Å². The van der Waals surface area contributed by atoms with E-state index >= 15 is 0 Å². The van der Waals surface area contributed by atoms with Crippen molar-refractivity contribution < 1.29 is 17.9 Å². The number of fused-ring (bicyclic) bond motifs is 1. The molecule has 0 radical (unpaired) electrons. The lowest BCUT2D eigenvalue weighted by molar-refractivity contribution is 0.0601. The predicted molar refractivity (Wildman–Crippen MR) is 113 cm³/mol. The van der Waals surface area contributed by atoms with E-state index in [0.29, 0.717) is 42.6 Å². The minimum atomic E-state index is -3.45. The molecule has 0 atom stereocenters. The molecule has 0 aliphatic carbocycles. The molecule has 1 fully saturated rings. The highest BCUT2D eigenvalue weighted by Gasteiger charge is 2.29. The maximum atomic E-state index is 12.8. The summed E-state index contributed by atoms with van der Waals surface area (Å²) in [5, 5.41) is 5.28. The maximum Gasteiger partial charge on any atom is 0.337 e. The van der Waals surface area contributed by atoms with Gasteiger partial charge in [-0.05, 0) is 46.3 Å². The molecular weight excluding hydrogens is 480 g/mol. The maximum absolute atomic E-state index is 12.8. The molecule has 1 aliphatic heterocycles. The fourth-order valence-corrected chi connectivity index (χ4v) is 6.90. The van der Waals surface area contributed by atoms with Crippen LogP contribution < -0.4 is 0 Å². The number of hydrogen-bond acceptors (Lipinski definition) is 7. The lowest BCUT2D eigenvalue weighted by Gasteiger charge is -2.33. The number of halogens is 1. The van der Waals surface area contributed by atoms with Crippen LogP contribution in [0.3, 0.4) is 0 Å². The van der Waals surface area contributed by atoms with Gasteiger partial charge in [-0.15, -0.1) is 11.3 Å². The SMILES string of the molecule is COC(=O)c1ccc2c(cnn2CN2CCN(S(=O)(=O)c3ccc(Br)s3)CC2)c1. The summed E-state index contributed by atoms with van der Waals surface area (Å²) >= 11 is 4.54. The van der Waals surface area contributed by atoms with Crippen LogP contribution in [0.2, 0.25) is 0 Å². The second-order valence-corrected chi connectivity index (χ2v) is 11.3. The van der Waals surface area contributed by atoms with Gasteiger partial charge in [0, 0.05) is 31.6 Å². The lowest BCUT2D eigenvalue weighted by atomic mass is 10.1. The zero-order valence-corrected chi connectivity index (χ0v) is 18.8. The van der Waals surface area contributed by atoms with E-state index in [1.54, 1.807) is 30.5 Å². The van der Waals surface area contributed by atoms with Gasteiger partial charge in [0.1, 0.15) is 4.21 Å². The average molecular weight is 499 g/mol. The van der Waals surface area contributed by atoms with Crippen LogP contribution in [0.5, 0.6) is 0 Å². The first-order chi connectivity index (χ1) is 13.9. The molecule has 0 spiro atoms. The summed E-state index contributed by atoms with van der Waals surface area (Å²) in [6.07, 6.45) is 1.72. The number of esters is 1. The number of carbonyl (C=O) groups excluding carboxylic acids is 1. The Morgan fingerprint density at radius 1 is 1.21 bits per heavy atom. The number of rotatable bonds is 5. The zero-order valence-electron chi connectivity index (χ0n) is 15.6. The van der Waals surface area contributed by atoms with E-state index < -0.39 is 10.0 Å². The molecule has 29 heavy (non-hydrogen) atoms. The van der Waals surface area contributed by atoms with Crippen molar-refractivity contribution >= 4 is 54.2 Å². The summed E-state index contributed by atoms with van der Waals surface area (Å²) in [5.74, 6) is -0.380. The molecule has 1 aliphatic rings. The highest BCUT2D eigenvalue weighted by atomic mass is 79.9. The third kappa shape index (κ3) is 4.10. The minimum absolute atomic E-state index is 0.359. The van der Waals surface area contributed by atoms with E-state index in [0.717, 1.165) is 14.7 Å². The van der Waals surface area contributed by atoms with Gasteiger partial charge in [-0.3, -0.25) is 9.58 Å².